The van der Waals surface area contributed by atoms with Gasteiger partial charge in [-0.2, -0.15) is 0 Å². The third kappa shape index (κ3) is 6.05. The number of methoxy groups -OCH3 is 1. The molecule has 0 spiro atoms. The number of Topliss-reactive ketones (excluding diaryl/α,β-unsaturated/α-hetero) is 1. The van der Waals surface area contributed by atoms with E-state index in [1.54, 1.807) is 56.3 Å². The molecule has 43 heavy (non-hydrogen) atoms. The van der Waals surface area contributed by atoms with Crippen molar-refractivity contribution in [2.24, 2.45) is 5.92 Å². The second-order valence-electron chi connectivity index (χ2n) is 10.5. The van der Waals surface area contributed by atoms with Crippen LogP contribution in [0.25, 0.3) is 11.3 Å². The van der Waals surface area contributed by atoms with E-state index in [2.05, 4.69) is 30.6 Å². The SMILES string of the molecule is COC(=O)Nc1ncc(-c2ccccc2)n(CC(=O)N[C@@H](C(=O)c2nnc(C3(c4ccc(F)cc4)CC3)o2)C(C)C)c1=O. The van der Waals surface area contributed by atoms with E-state index >= 15 is 0 Å². The lowest BCUT2D eigenvalue weighted by Gasteiger charge is -2.21. The van der Waals surface area contributed by atoms with Crippen LogP contribution in [0.2, 0.25) is 0 Å². The fraction of sp³-hybridized carbons (Fsp3) is 0.300. The Morgan fingerprint density at radius 2 is 1.77 bits per heavy atom. The van der Waals surface area contributed by atoms with E-state index in [-0.39, 0.29) is 29.3 Å². The van der Waals surface area contributed by atoms with Gasteiger partial charge in [-0.15, -0.1) is 10.2 Å². The molecule has 2 aromatic carbocycles. The first-order valence-electron chi connectivity index (χ1n) is 13.6. The molecule has 0 aliphatic heterocycles. The van der Waals surface area contributed by atoms with Crippen molar-refractivity contribution in [3.8, 4) is 11.3 Å². The summed E-state index contributed by atoms with van der Waals surface area (Å²) in [5.41, 5.74) is 0.409. The van der Waals surface area contributed by atoms with E-state index in [0.29, 0.717) is 24.1 Å². The van der Waals surface area contributed by atoms with Crippen molar-refractivity contribution in [2.75, 3.05) is 12.4 Å². The summed E-state index contributed by atoms with van der Waals surface area (Å²) >= 11 is 0. The Bertz CT molecular complexity index is 1710. The zero-order chi connectivity index (χ0) is 30.7. The van der Waals surface area contributed by atoms with Crippen LogP contribution in [0.4, 0.5) is 15.0 Å². The van der Waals surface area contributed by atoms with E-state index in [1.165, 1.54) is 18.3 Å². The van der Waals surface area contributed by atoms with Gasteiger partial charge in [0.15, 0.2) is 0 Å². The second kappa shape index (κ2) is 12.0. The molecule has 2 heterocycles. The zero-order valence-corrected chi connectivity index (χ0v) is 23.7. The van der Waals surface area contributed by atoms with Crippen LogP contribution in [0.1, 0.15) is 48.8 Å². The number of ether oxygens (including phenoxy) is 1. The number of hydrogen-bond donors (Lipinski definition) is 2. The van der Waals surface area contributed by atoms with Gasteiger partial charge in [0.05, 0.1) is 30.5 Å². The standard InChI is InChI=1S/C30H29FN6O6/c1-17(2)23(24(39)26-35-36-28(43-26)30(13-14-30)19-9-11-20(31)12-10-19)33-22(38)16-37-21(18-7-5-4-6-8-18)15-32-25(27(37)40)34-29(41)42-3/h4-12,15,17,23H,13-14,16H2,1-3H3,(H,33,38)(H,32,34,41)/t23-/m1/s1. The number of nitrogens with one attached hydrogen (secondary N) is 2. The van der Waals surface area contributed by atoms with Crippen molar-refractivity contribution < 1.29 is 27.9 Å². The summed E-state index contributed by atoms with van der Waals surface area (Å²) in [7, 11) is 1.14. The van der Waals surface area contributed by atoms with Crippen LogP contribution in [-0.2, 0) is 21.5 Å². The Morgan fingerprint density at radius 3 is 2.40 bits per heavy atom. The first-order valence-corrected chi connectivity index (χ1v) is 13.6. The number of hydrogen-bond acceptors (Lipinski definition) is 9. The summed E-state index contributed by atoms with van der Waals surface area (Å²) in [4.78, 5) is 55.9. The summed E-state index contributed by atoms with van der Waals surface area (Å²) in [5, 5.41) is 13.0. The first-order chi connectivity index (χ1) is 20.6. The average Bonchev–Trinajstić information content (AvgIpc) is 3.66. The molecule has 2 N–H and O–H groups in total. The number of ketones is 1. The van der Waals surface area contributed by atoms with Crippen molar-refractivity contribution in [3.05, 3.63) is 94.3 Å². The third-order valence-corrected chi connectivity index (χ3v) is 7.29. The molecule has 1 atom stereocenters. The molecule has 1 aliphatic carbocycles. The zero-order valence-electron chi connectivity index (χ0n) is 23.7. The van der Waals surface area contributed by atoms with E-state index in [0.717, 1.165) is 17.2 Å². The van der Waals surface area contributed by atoms with E-state index in [1.807, 2.05) is 0 Å². The van der Waals surface area contributed by atoms with Gasteiger partial charge in [0, 0.05) is 0 Å². The van der Waals surface area contributed by atoms with Crippen molar-refractivity contribution in [1.82, 2.24) is 25.1 Å². The third-order valence-electron chi connectivity index (χ3n) is 7.29. The normalized spacial score (nSPS) is 14.2. The molecular weight excluding hydrogens is 559 g/mol. The molecule has 2 amide bonds. The maximum atomic E-state index is 13.5. The van der Waals surface area contributed by atoms with Gasteiger partial charge in [0.25, 0.3) is 11.4 Å². The van der Waals surface area contributed by atoms with Gasteiger partial charge in [0.2, 0.25) is 23.4 Å². The van der Waals surface area contributed by atoms with Gasteiger partial charge in [-0.1, -0.05) is 56.3 Å². The molecule has 222 valence electrons. The summed E-state index contributed by atoms with van der Waals surface area (Å²) in [5.74, 6) is -2.32. The van der Waals surface area contributed by atoms with Crippen LogP contribution in [0.5, 0.6) is 0 Å². The van der Waals surface area contributed by atoms with Crippen LogP contribution in [-0.4, -0.2) is 50.7 Å². The fourth-order valence-electron chi connectivity index (χ4n) is 4.78. The molecule has 2 aromatic heterocycles. The van der Waals surface area contributed by atoms with Crippen molar-refractivity contribution >= 4 is 23.6 Å². The number of carbonyl (C=O) groups is 3. The van der Waals surface area contributed by atoms with Gasteiger partial charge >= 0.3 is 6.09 Å². The highest BCUT2D eigenvalue weighted by Gasteiger charge is 2.51. The predicted molar refractivity (Wildman–Crippen MR) is 152 cm³/mol. The maximum absolute atomic E-state index is 13.5. The number of amides is 2. The average molecular weight is 589 g/mol. The van der Waals surface area contributed by atoms with Gasteiger partial charge in [-0.05, 0) is 42.0 Å². The largest absolute Gasteiger partial charge is 0.453 e. The fourth-order valence-corrected chi connectivity index (χ4v) is 4.78. The van der Waals surface area contributed by atoms with E-state index < -0.39 is 41.3 Å². The number of rotatable bonds is 10. The molecular formula is C30H29FN6O6. The van der Waals surface area contributed by atoms with Crippen LogP contribution in [0.3, 0.4) is 0 Å². The smallest absolute Gasteiger partial charge is 0.412 e. The molecule has 12 nitrogen and oxygen atoms in total. The predicted octanol–water partition coefficient (Wildman–Crippen LogP) is 3.71. The van der Waals surface area contributed by atoms with Crippen LogP contribution in [0, 0.1) is 11.7 Å². The van der Waals surface area contributed by atoms with Crippen molar-refractivity contribution in [3.63, 3.8) is 0 Å². The molecule has 0 unspecified atom stereocenters. The summed E-state index contributed by atoms with van der Waals surface area (Å²) in [6.45, 7) is 3.00. The highest BCUT2D eigenvalue weighted by Crippen LogP contribution is 2.52. The van der Waals surface area contributed by atoms with E-state index in [9.17, 15) is 23.6 Å². The van der Waals surface area contributed by atoms with Crippen LogP contribution in [0.15, 0.2) is 70.0 Å². The maximum Gasteiger partial charge on any atom is 0.412 e. The molecule has 1 saturated carbocycles. The molecule has 0 saturated heterocycles. The number of carbonyl (C=O) groups excluding carboxylic acids is 3. The number of benzene rings is 2. The Kier molecular flexibility index (Phi) is 8.15. The highest BCUT2D eigenvalue weighted by atomic mass is 19.1. The van der Waals surface area contributed by atoms with Gasteiger partial charge in [-0.25, -0.2) is 14.2 Å². The molecule has 1 aliphatic rings. The van der Waals surface area contributed by atoms with Crippen molar-refractivity contribution in [1.29, 1.82) is 0 Å². The monoisotopic (exact) mass is 588 g/mol. The number of halogens is 1. The summed E-state index contributed by atoms with van der Waals surface area (Å²) in [6, 6.07) is 13.8. The lowest BCUT2D eigenvalue weighted by atomic mass is 9.96. The number of nitrogens with zero attached hydrogens (tertiary/aromatic N) is 4. The lowest BCUT2D eigenvalue weighted by Crippen LogP contribution is -2.46. The minimum atomic E-state index is -1.05. The highest BCUT2D eigenvalue weighted by molar-refractivity contribution is 5.98. The minimum absolute atomic E-state index is 0.248. The topological polar surface area (TPSA) is 158 Å². The molecule has 0 bridgehead atoms. The Balaban J connectivity index is 1.38. The molecule has 0 radical (unpaired) electrons. The quantitative estimate of drug-likeness (QED) is 0.263. The summed E-state index contributed by atoms with van der Waals surface area (Å²) < 4.78 is 25.0. The van der Waals surface area contributed by atoms with Crippen LogP contribution >= 0.6 is 0 Å². The Labute approximate surface area is 245 Å². The first kappa shape index (κ1) is 29.3. The van der Waals surface area contributed by atoms with Crippen LogP contribution < -0.4 is 16.2 Å². The second-order valence-corrected chi connectivity index (χ2v) is 10.5. The number of anilines is 1. The minimum Gasteiger partial charge on any atom is -0.453 e. The Hall–Kier alpha value is -5.20. The number of aromatic nitrogens is 4. The molecule has 4 aromatic rings. The molecule has 13 heteroatoms. The van der Waals surface area contributed by atoms with Gasteiger partial charge in [0.1, 0.15) is 12.4 Å². The lowest BCUT2D eigenvalue weighted by molar-refractivity contribution is -0.122. The Morgan fingerprint density at radius 1 is 1.07 bits per heavy atom. The summed E-state index contributed by atoms with van der Waals surface area (Å²) in [6.07, 6.45) is 1.87. The molecule has 5 rings (SSSR count). The van der Waals surface area contributed by atoms with Gasteiger partial charge < -0.3 is 14.5 Å². The molecule has 1 fully saturated rings. The van der Waals surface area contributed by atoms with Crippen molar-refractivity contribution in [2.45, 2.75) is 44.7 Å². The van der Waals surface area contributed by atoms with E-state index in [4.69, 9.17) is 4.42 Å². The van der Waals surface area contributed by atoms with Gasteiger partial charge in [-0.3, -0.25) is 24.3 Å².